The largest absolute Gasteiger partial charge is 0.463 e. The summed E-state index contributed by atoms with van der Waals surface area (Å²) in [5.41, 5.74) is 1.00. The molecule has 4 heteroatoms. The molecule has 4 nitrogen and oxygen atoms in total. The Morgan fingerprint density at radius 2 is 2.11 bits per heavy atom. The van der Waals surface area contributed by atoms with Crippen molar-refractivity contribution in [2.75, 3.05) is 7.11 Å². The lowest BCUT2D eigenvalue weighted by Gasteiger charge is -2.06. The molecule has 0 aliphatic rings. The second-order valence-corrected chi connectivity index (χ2v) is 4.30. The summed E-state index contributed by atoms with van der Waals surface area (Å²) in [6.45, 7) is 4.05. The van der Waals surface area contributed by atoms with Crippen LogP contribution in [0.4, 0.5) is 0 Å². The van der Waals surface area contributed by atoms with Gasteiger partial charge in [-0.25, -0.2) is 4.79 Å². The number of ether oxygens (including phenoxy) is 1. The zero-order chi connectivity index (χ0) is 13.3. The Morgan fingerprint density at radius 1 is 1.39 bits per heavy atom. The van der Waals surface area contributed by atoms with Crippen LogP contribution in [0.5, 0.6) is 0 Å². The number of carbonyl (C=O) groups excluding carboxylic acids is 1. The molecule has 2 rings (SSSR count). The van der Waals surface area contributed by atoms with Crippen LogP contribution in [-0.2, 0) is 4.74 Å². The minimum Gasteiger partial charge on any atom is -0.463 e. The van der Waals surface area contributed by atoms with Crippen molar-refractivity contribution in [3.63, 3.8) is 0 Å². The number of carbonyl (C=O) groups is 1. The van der Waals surface area contributed by atoms with Crippen LogP contribution in [0.2, 0.25) is 0 Å². The van der Waals surface area contributed by atoms with Crippen LogP contribution in [0.3, 0.4) is 0 Å². The second-order valence-electron chi connectivity index (χ2n) is 4.30. The highest BCUT2D eigenvalue weighted by Gasteiger charge is 2.13. The normalized spacial score (nSPS) is 10.9. The maximum Gasteiger partial charge on any atom is 0.374 e. The molecule has 93 valence electrons. The van der Waals surface area contributed by atoms with Gasteiger partial charge in [0.25, 0.3) is 0 Å². The number of methoxy groups -OCH3 is 1. The Morgan fingerprint density at radius 3 is 2.72 bits per heavy atom. The number of fused-ring (bicyclic) bond motifs is 1. The Bertz CT molecular complexity index is 652. The zero-order valence-electron chi connectivity index (χ0n) is 10.4. The lowest BCUT2D eigenvalue weighted by molar-refractivity contribution is 0.0565. The fourth-order valence-electron chi connectivity index (χ4n) is 1.64. The minimum absolute atomic E-state index is 0.108. The SMILES string of the molecule is COC(=O)c1cc(=O)c2cc(C(C)C)c[c]c2o1. The highest BCUT2D eigenvalue weighted by atomic mass is 16.5. The van der Waals surface area contributed by atoms with Crippen molar-refractivity contribution in [2.24, 2.45) is 0 Å². The van der Waals surface area contributed by atoms with E-state index in [9.17, 15) is 9.59 Å². The second kappa shape index (κ2) is 4.64. The van der Waals surface area contributed by atoms with Gasteiger partial charge in [0.15, 0.2) is 5.43 Å². The van der Waals surface area contributed by atoms with Crippen molar-refractivity contribution in [3.8, 4) is 0 Å². The van der Waals surface area contributed by atoms with Crippen LogP contribution in [0, 0.1) is 6.07 Å². The molecule has 1 aromatic carbocycles. The summed E-state index contributed by atoms with van der Waals surface area (Å²) < 4.78 is 9.82. The summed E-state index contributed by atoms with van der Waals surface area (Å²) >= 11 is 0. The van der Waals surface area contributed by atoms with E-state index in [4.69, 9.17) is 4.42 Å². The van der Waals surface area contributed by atoms with Gasteiger partial charge in [0.2, 0.25) is 5.76 Å². The van der Waals surface area contributed by atoms with Crippen LogP contribution < -0.4 is 5.43 Å². The monoisotopic (exact) mass is 245 g/mol. The van der Waals surface area contributed by atoms with E-state index in [2.05, 4.69) is 10.8 Å². The highest BCUT2D eigenvalue weighted by Crippen LogP contribution is 2.19. The lowest BCUT2D eigenvalue weighted by atomic mass is 10.0. The Hall–Kier alpha value is -2.10. The predicted octanol–water partition coefficient (Wildman–Crippen LogP) is 2.50. The molecular formula is C14H13O4. The molecule has 0 atom stereocenters. The van der Waals surface area contributed by atoms with Crippen LogP contribution in [0.1, 0.15) is 35.9 Å². The third-order valence-electron chi connectivity index (χ3n) is 2.72. The van der Waals surface area contributed by atoms with Crippen molar-refractivity contribution < 1.29 is 13.9 Å². The van der Waals surface area contributed by atoms with Gasteiger partial charge in [-0.15, -0.1) is 0 Å². The van der Waals surface area contributed by atoms with Gasteiger partial charge in [-0.1, -0.05) is 13.8 Å². The van der Waals surface area contributed by atoms with E-state index in [1.54, 1.807) is 12.1 Å². The van der Waals surface area contributed by atoms with E-state index in [1.165, 1.54) is 7.11 Å². The zero-order valence-corrected chi connectivity index (χ0v) is 10.4. The molecule has 0 saturated carbocycles. The van der Waals surface area contributed by atoms with E-state index >= 15 is 0 Å². The number of benzene rings is 1. The van der Waals surface area contributed by atoms with Crippen molar-refractivity contribution in [1.82, 2.24) is 0 Å². The molecule has 0 aliphatic carbocycles. The topological polar surface area (TPSA) is 56.5 Å². The standard InChI is InChI=1S/C14H13O4/c1-8(2)9-4-5-12-10(6-9)11(15)7-13(18-12)14(16)17-3/h4,6-8H,1-3H3. The summed E-state index contributed by atoms with van der Waals surface area (Å²) in [4.78, 5) is 23.2. The summed E-state index contributed by atoms with van der Waals surface area (Å²) in [6, 6.07) is 7.56. The van der Waals surface area contributed by atoms with Crippen molar-refractivity contribution in [3.05, 3.63) is 45.8 Å². The maximum atomic E-state index is 11.9. The molecule has 0 aliphatic heterocycles. The van der Waals surface area contributed by atoms with Gasteiger partial charge in [-0.2, -0.15) is 0 Å². The average Bonchev–Trinajstić information content (AvgIpc) is 2.37. The average molecular weight is 245 g/mol. The van der Waals surface area contributed by atoms with E-state index in [0.29, 0.717) is 11.3 Å². The van der Waals surface area contributed by atoms with Gasteiger partial charge in [-0.05, 0) is 23.6 Å². The van der Waals surface area contributed by atoms with E-state index in [0.717, 1.165) is 11.6 Å². The summed E-state index contributed by atoms with van der Waals surface area (Å²) in [5.74, 6) is -0.482. The highest BCUT2D eigenvalue weighted by molar-refractivity contribution is 5.88. The Balaban J connectivity index is 2.66. The molecule has 1 radical (unpaired) electrons. The van der Waals surface area contributed by atoms with Crippen molar-refractivity contribution >= 4 is 16.9 Å². The smallest absolute Gasteiger partial charge is 0.374 e. The molecule has 0 bridgehead atoms. The third kappa shape index (κ3) is 2.14. The summed E-state index contributed by atoms with van der Waals surface area (Å²) in [5, 5.41) is 0.425. The van der Waals surface area contributed by atoms with Crippen LogP contribution >= 0.6 is 0 Å². The maximum absolute atomic E-state index is 11.9. The predicted molar refractivity (Wildman–Crippen MR) is 66.7 cm³/mol. The molecule has 0 fully saturated rings. The van der Waals surface area contributed by atoms with E-state index in [1.807, 2.05) is 13.8 Å². The first-order valence-electron chi connectivity index (χ1n) is 5.60. The fourth-order valence-corrected chi connectivity index (χ4v) is 1.64. The molecule has 2 aromatic rings. The number of esters is 1. The molecule has 0 spiro atoms. The number of hydrogen-bond donors (Lipinski definition) is 0. The molecule has 0 saturated heterocycles. The van der Waals surface area contributed by atoms with Crippen molar-refractivity contribution in [1.29, 1.82) is 0 Å². The van der Waals surface area contributed by atoms with Gasteiger partial charge in [0, 0.05) is 12.1 Å². The molecule has 18 heavy (non-hydrogen) atoms. The number of hydrogen-bond acceptors (Lipinski definition) is 4. The molecule has 0 N–H and O–H groups in total. The molecule has 0 unspecified atom stereocenters. The van der Waals surface area contributed by atoms with Crippen LogP contribution in [0.15, 0.2) is 27.4 Å². The molecular weight excluding hydrogens is 232 g/mol. The third-order valence-corrected chi connectivity index (χ3v) is 2.72. The Labute approximate surface area is 104 Å². The molecule has 1 aromatic heterocycles. The number of rotatable bonds is 2. The van der Waals surface area contributed by atoms with Gasteiger partial charge in [0.05, 0.1) is 12.5 Å². The minimum atomic E-state index is -0.671. The van der Waals surface area contributed by atoms with Gasteiger partial charge >= 0.3 is 5.97 Å². The van der Waals surface area contributed by atoms with Gasteiger partial charge in [-0.3, -0.25) is 4.79 Å². The fraction of sp³-hybridized carbons (Fsp3) is 0.286. The molecule has 0 amide bonds. The van der Waals surface area contributed by atoms with Crippen molar-refractivity contribution in [2.45, 2.75) is 19.8 Å². The van der Waals surface area contributed by atoms with Crippen LogP contribution in [-0.4, -0.2) is 13.1 Å². The van der Waals surface area contributed by atoms with Gasteiger partial charge in [0.1, 0.15) is 5.58 Å². The Kier molecular flexibility index (Phi) is 3.19. The van der Waals surface area contributed by atoms with Crippen LogP contribution in [0.25, 0.3) is 11.0 Å². The first-order chi connectivity index (χ1) is 8.52. The first kappa shape index (κ1) is 12.4. The van der Waals surface area contributed by atoms with E-state index in [-0.39, 0.29) is 16.8 Å². The quantitative estimate of drug-likeness (QED) is 0.763. The van der Waals surface area contributed by atoms with E-state index < -0.39 is 5.97 Å². The first-order valence-corrected chi connectivity index (χ1v) is 5.60. The summed E-state index contributed by atoms with van der Waals surface area (Å²) in [6.07, 6.45) is 0. The summed E-state index contributed by atoms with van der Waals surface area (Å²) in [7, 11) is 1.23. The van der Waals surface area contributed by atoms with Gasteiger partial charge < -0.3 is 9.15 Å². The lowest BCUT2D eigenvalue weighted by Crippen LogP contribution is -2.08. The molecule has 1 heterocycles.